The smallest absolute Gasteiger partial charge is 0.258 e. The van der Waals surface area contributed by atoms with Gasteiger partial charge in [0.05, 0.1) is 12.2 Å². The van der Waals surface area contributed by atoms with Gasteiger partial charge in [-0.3, -0.25) is 9.20 Å². The minimum Gasteiger partial charge on any atom is -0.494 e. The van der Waals surface area contributed by atoms with Crippen molar-refractivity contribution in [1.82, 2.24) is 14.4 Å². The monoisotopic (exact) mass is 402 g/mol. The fourth-order valence-corrected chi connectivity index (χ4v) is 4.41. The number of ether oxygens (including phenoxy) is 1. The molecule has 30 heavy (non-hydrogen) atoms. The fourth-order valence-electron chi connectivity index (χ4n) is 4.41. The predicted octanol–water partition coefficient (Wildman–Crippen LogP) is 4.90. The molecule has 4 aromatic rings. The molecule has 6 heteroatoms. The molecule has 0 aliphatic heterocycles. The molecule has 0 unspecified atom stereocenters. The van der Waals surface area contributed by atoms with Gasteiger partial charge in [0.2, 0.25) is 0 Å². The third kappa shape index (κ3) is 3.22. The van der Waals surface area contributed by atoms with Crippen LogP contribution in [0.2, 0.25) is 0 Å². The Hall–Kier alpha value is -3.28. The zero-order chi connectivity index (χ0) is 20.7. The number of aryl methyl sites for hydroxylation is 1. The van der Waals surface area contributed by atoms with E-state index in [0.29, 0.717) is 23.9 Å². The number of pyridine rings is 2. The van der Waals surface area contributed by atoms with Crippen molar-refractivity contribution in [3.63, 3.8) is 0 Å². The van der Waals surface area contributed by atoms with Crippen molar-refractivity contribution < 1.29 is 4.74 Å². The number of aromatic amines is 1. The topological polar surface area (TPSA) is 71.4 Å². The molecule has 2 N–H and O–H groups in total. The Kier molecular flexibility index (Phi) is 4.69. The van der Waals surface area contributed by atoms with Gasteiger partial charge in [-0.05, 0) is 62.6 Å². The quantitative estimate of drug-likeness (QED) is 0.498. The molecule has 3 heterocycles. The number of rotatable bonds is 5. The zero-order valence-corrected chi connectivity index (χ0v) is 17.4. The summed E-state index contributed by atoms with van der Waals surface area (Å²) in [6.07, 6.45) is 6.77. The van der Waals surface area contributed by atoms with E-state index in [1.165, 1.54) is 12.8 Å². The second kappa shape index (κ2) is 7.52. The van der Waals surface area contributed by atoms with E-state index in [4.69, 9.17) is 9.72 Å². The van der Waals surface area contributed by atoms with Crippen molar-refractivity contribution >= 4 is 22.4 Å². The average Bonchev–Trinajstić information content (AvgIpc) is 3.38. The van der Waals surface area contributed by atoms with Crippen LogP contribution < -0.4 is 15.6 Å². The highest BCUT2D eigenvalue weighted by molar-refractivity contribution is 5.87. The summed E-state index contributed by atoms with van der Waals surface area (Å²) in [4.78, 5) is 20.9. The molecule has 0 radical (unpaired) electrons. The predicted molar refractivity (Wildman–Crippen MR) is 121 cm³/mol. The minimum absolute atomic E-state index is 0.137. The second-order valence-electron chi connectivity index (χ2n) is 8.01. The third-order valence-corrected chi connectivity index (χ3v) is 5.92. The number of fused-ring (bicyclic) bond motifs is 2. The van der Waals surface area contributed by atoms with Crippen molar-refractivity contribution in [3.8, 4) is 17.0 Å². The lowest BCUT2D eigenvalue weighted by atomic mass is 10.1. The van der Waals surface area contributed by atoms with Crippen molar-refractivity contribution in [2.45, 2.75) is 45.6 Å². The molecule has 0 saturated heterocycles. The first-order valence-corrected chi connectivity index (χ1v) is 10.7. The first kappa shape index (κ1) is 18.7. The van der Waals surface area contributed by atoms with Gasteiger partial charge in [0.15, 0.2) is 0 Å². The van der Waals surface area contributed by atoms with E-state index in [1.54, 1.807) is 0 Å². The minimum atomic E-state index is -0.137. The lowest BCUT2D eigenvalue weighted by Gasteiger charge is -2.15. The van der Waals surface area contributed by atoms with Crippen LogP contribution in [-0.2, 0) is 0 Å². The molecule has 0 atom stereocenters. The van der Waals surface area contributed by atoms with E-state index in [2.05, 4.69) is 14.7 Å². The molecule has 1 aromatic carbocycles. The van der Waals surface area contributed by atoms with Gasteiger partial charge in [-0.1, -0.05) is 18.9 Å². The Labute approximate surface area is 174 Å². The average molecular weight is 402 g/mol. The first-order valence-electron chi connectivity index (χ1n) is 10.7. The van der Waals surface area contributed by atoms with Gasteiger partial charge >= 0.3 is 0 Å². The maximum atomic E-state index is 13.0. The van der Waals surface area contributed by atoms with Crippen molar-refractivity contribution in [2.75, 3.05) is 11.9 Å². The standard InChI is InChI=1S/C24H26N4O2/c1-3-30-18-10-11-20-16(13-18)14-19(24(29)26-20)21-23(25-17-8-4-5-9-17)28-12-6-7-15(2)22(28)27-21/h6-7,10-14,17,25H,3-5,8-9H2,1-2H3,(H,26,29). The number of hydrogen-bond acceptors (Lipinski definition) is 4. The summed E-state index contributed by atoms with van der Waals surface area (Å²) in [5.74, 6) is 1.68. The lowest BCUT2D eigenvalue weighted by Crippen LogP contribution is -2.17. The Morgan fingerprint density at radius 3 is 2.87 bits per heavy atom. The number of nitrogens with one attached hydrogen (secondary N) is 2. The molecule has 1 fully saturated rings. The molecular formula is C24H26N4O2. The lowest BCUT2D eigenvalue weighted by molar-refractivity contribution is 0.340. The van der Waals surface area contributed by atoms with Crippen LogP contribution in [0.4, 0.5) is 5.82 Å². The van der Waals surface area contributed by atoms with Gasteiger partial charge in [0.25, 0.3) is 5.56 Å². The Morgan fingerprint density at radius 2 is 2.07 bits per heavy atom. The molecule has 5 rings (SSSR count). The van der Waals surface area contributed by atoms with Gasteiger partial charge in [0, 0.05) is 23.1 Å². The van der Waals surface area contributed by atoms with Gasteiger partial charge in [-0.25, -0.2) is 4.98 Å². The van der Waals surface area contributed by atoms with E-state index < -0.39 is 0 Å². The van der Waals surface area contributed by atoms with Gasteiger partial charge in [-0.15, -0.1) is 0 Å². The highest BCUT2D eigenvalue weighted by atomic mass is 16.5. The van der Waals surface area contributed by atoms with Crippen LogP contribution in [-0.4, -0.2) is 27.0 Å². The molecule has 154 valence electrons. The van der Waals surface area contributed by atoms with Crippen LogP contribution in [0.5, 0.6) is 5.75 Å². The fraction of sp³-hybridized carbons (Fsp3) is 0.333. The van der Waals surface area contributed by atoms with Crippen molar-refractivity contribution in [2.24, 2.45) is 0 Å². The number of nitrogens with zero attached hydrogens (tertiary/aromatic N) is 2. The van der Waals surface area contributed by atoms with Crippen molar-refractivity contribution in [1.29, 1.82) is 0 Å². The SMILES string of the molecule is CCOc1ccc2[nH]c(=O)c(-c3nc4c(C)cccn4c3NC3CCCC3)cc2c1. The summed E-state index contributed by atoms with van der Waals surface area (Å²) in [6.45, 7) is 4.61. The van der Waals surface area contributed by atoms with Crippen LogP contribution in [0.1, 0.15) is 38.2 Å². The van der Waals surface area contributed by atoms with E-state index in [9.17, 15) is 4.79 Å². The van der Waals surface area contributed by atoms with Crippen LogP contribution in [0.25, 0.3) is 27.8 Å². The second-order valence-corrected chi connectivity index (χ2v) is 8.01. The molecule has 0 bridgehead atoms. The number of benzene rings is 1. The highest BCUT2D eigenvalue weighted by Gasteiger charge is 2.22. The molecule has 3 aromatic heterocycles. The largest absolute Gasteiger partial charge is 0.494 e. The number of imidazole rings is 1. The van der Waals surface area contributed by atoms with E-state index >= 15 is 0 Å². The summed E-state index contributed by atoms with van der Waals surface area (Å²) in [5, 5.41) is 4.62. The normalized spacial score (nSPS) is 14.6. The highest BCUT2D eigenvalue weighted by Crippen LogP contribution is 2.32. The number of aromatic nitrogens is 3. The van der Waals surface area contributed by atoms with Crippen LogP contribution in [0.15, 0.2) is 47.4 Å². The number of H-pyrrole nitrogens is 1. The van der Waals surface area contributed by atoms with Crippen LogP contribution >= 0.6 is 0 Å². The summed E-state index contributed by atoms with van der Waals surface area (Å²) >= 11 is 0. The van der Waals surface area contributed by atoms with E-state index in [1.807, 2.05) is 56.4 Å². The molecule has 6 nitrogen and oxygen atoms in total. The number of hydrogen-bond donors (Lipinski definition) is 2. The Bertz CT molecular complexity index is 1280. The van der Waals surface area contributed by atoms with Gasteiger partial charge < -0.3 is 15.0 Å². The molecule has 1 aliphatic rings. The molecule has 0 spiro atoms. The first-order chi connectivity index (χ1) is 14.6. The summed E-state index contributed by atoms with van der Waals surface area (Å²) in [5.41, 5.74) is 3.87. The summed E-state index contributed by atoms with van der Waals surface area (Å²) in [7, 11) is 0. The van der Waals surface area contributed by atoms with Gasteiger partial charge in [0.1, 0.15) is 22.9 Å². The molecular weight excluding hydrogens is 376 g/mol. The molecule has 1 aliphatic carbocycles. The van der Waals surface area contributed by atoms with Crippen molar-refractivity contribution in [3.05, 3.63) is 58.5 Å². The van der Waals surface area contributed by atoms with Crippen LogP contribution in [0.3, 0.4) is 0 Å². The maximum absolute atomic E-state index is 13.0. The van der Waals surface area contributed by atoms with Crippen LogP contribution in [0, 0.1) is 6.92 Å². The van der Waals surface area contributed by atoms with Gasteiger partial charge in [-0.2, -0.15) is 0 Å². The zero-order valence-electron chi connectivity index (χ0n) is 17.4. The third-order valence-electron chi connectivity index (χ3n) is 5.92. The Morgan fingerprint density at radius 1 is 1.23 bits per heavy atom. The maximum Gasteiger partial charge on any atom is 0.258 e. The van der Waals surface area contributed by atoms with E-state index in [-0.39, 0.29) is 5.56 Å². The summed E-state index contributed by atoms with van der Waals surface area (Å²) in [6, 6.07) is 12.1. The Balaban J connectivity index is 1.71. The number of anilines is 1. The molecule has 0 amide bonds. The summed E-state index contributed by atoms with van der Waals surface area (Å²) < 4.78 is 7.71. The van der Waals surface area contributed by atoms with E-state index in [0.717, 1.165) is 46.5 Å². The molecule has 1 saturated carbocycles.